The summed E-state index contributed by atoms with van der Waals surface area (Å²) >= 11 is 0. The Hall–Kier alpha value is -1.12. The molecular formula is C6H10N2O. The summed E-state index contributed by atoms with van der Waals surface area (Å²) in [7, 11) is 0. The highest BCUT2D eigenvalue weighted by Crippen LogP contribution is 1.92. The van der Waals surface area contributed by atoms with Gasteiger partial charge in [0.1, 0.15) is 6.26 Å². The molecule has 0 unspecified atom stereocenters. The predicted octanol–water partition coefficient (Wildman–Crippen LogP) is 2.43. The van der Waals surface area contributed by atoms with E-state index < -0.39 is 0 Å². The van der Waals surface area contributed by atoms with E-state index in [1.54, 1.807) is 13.0 Å². The molecule has 0 fully saturated rings. The lowest BCUT2D eigenvalue weighted by molar-refractivity contribution is 0.396. The normalized spacial score (nSPS) is 12.0. The Kier molecular flexibility index (Phi) is 4.40. The molecule has 9 heavy (non-hydrogen) atoms. The molecule has 0 amide bonds. The van der Waals surface area contributed by atoms with Gasteiger partial charge in [0, 0.05) is 0 Å². The van der Waals surface area contributed by atoms with Gasteiger partial charge in [-0.1, -0.05) is 6.08 Å². The Balaban J connectivity index is 3.56. The number of ether oxygens (including phenoxy) is 1. The first-order chi connectivity index (χ1) is 4.31. The maximum atomic E-state index is 6.50. The molecule has 0 saturated carbocycles. The van der Waals surface area contributed by atoms with Gasteiger partial charge in [-0.25, -0.2) is 5.53 Å². The Morgan fingerprint density at radius 3 is 2.78 bits per heavy atom. The molecule has 0 aromatic carbocycles. The minimum atomic E-state index is 0.549. The fraction of sp³-hybridized carbons (Fsp3) is 0.333. The van der Waals surface area contributed by atoms with Gasteiger partial charge in [0.15, 0.2) is 0 Å². The van der Waals surface area contributed by atoms with Crippen molar-refractivity contribution in [3.8, 4) is 0 Å². The van der Waals surface area contributed by atoms with Crippen LogP contribution in [0.15, 0.2) is 29.4 Å². The summed E-state index contributed by atoms with van der Waals surface area (Å²) in [5.74, 6) is 0. The first kappa shape index (κ1) is 7.88. The van der Waals surface area contributed by atoms with Crippen LogP contribution in [0.2, 0.25) is 0 Å². The van der Waals surface area contributed by atoms with E-state index in [1.165, 1.54) is 12.5 Å². The zero-order chi connectivity index (χ0) is 7.11. The quantitative estimate of drug-likeness (QED) is 0.458. The Morgan fingerprint density at radius 1 is 1.67 bits per heavy atom. The van der Waals surface area contributed by atoms with Crippen molar-refractivity contribution in [1.82, 2.24) is 0 Å². The van der Waals surface area contributed by atoms with Crippen LogP contribution in [-0.2, 0) is 4.74 Å². The summed E-state index contributed by atoms with van der Waals surface area (Å²) in [5, 5.41) is 3.11. The molecule has 0 spiro atoms. The highest BCUT2D eigenvalue weighted by molar-refractivity contribution is 4.88. The molecule has 1 N–H and O–H groups in total. The van der Waals surface area contributed by atoms with Crippen molar-refractivity contribution < 1.29 is 4.74 Å². The van der Waals surface area contributed by atoms with Gasteiger partial charge in [-0.05, 0) is 13.8 Å². The third-order valence-electron chi connectivity index (χ3n) is 0.630. The van der Waals surface area contributed by atoms with Crippen LogP contribution in [0, 0.1) is 5.53 Å². The van der Waals surface area contributed by atoms with Crippen molar-refractivity contribution in [3.63, 3.8) is 0 Å². The molecule has 3 nitrogen and oxygen atoms in total. The van der Waals surface area contributed by atoms with Gasteiger partial charge in [-0.15, -0.1) is 0 Å². The number of allylic oxidation sites excluding steroid dienone is 2. The standard InChI is InChI=1S/C6H10N2O/c1-3-4-9-5-6(2)8-7/h3-5,7H,1-2H3/b4-3-,6-5+,8-7?. The van der Waals surface area contributed by atoms with Crippen molar-refractivity contribution in [2.45, 2.75) is 13.8 Å². The lowest BCUT2D eigenvalue weighted by Gasteiger charge is -1.88. The van der Waals surface area contributed by atoms with Crippen molar-refractivity contribution in [2.24, 2.45) is 5.11 Å². The van der Waals surface area contributed by atoms with Gasteiger partial charge in [0.25, 0.3) is 0 Å². The van der Waals surface area contributed by atoms with Crippen molar-refractivity contribution >= 4 is 0 Å². The van der Waals surface area contributed by atoms with Crippen LogP contribution in [0.3, 0.4) is 0 Å². The lowest BCUT2D eigenvalue weighted by atomic mass is 10.6. The summed E-state index contributed by atoms with van der Waals surface area (Å²) < 4.78 is 4.78. The molecule has 0 rings (SSSR count). The van der Waals surface area contributed by atoms with E-state index in [1.807, 2.05) is 6.92 Å². The van der Waals surface area contributed by atoms with Gasteiger partial charge in [-0.2, -0.15) is 5.11 Å². The minimum absolute atomic E-state index is 0.549. The van der Waals surface area contributed by atoms with Crippen LogP contribution < -0.4 is 0 Å². The molecule has 0 aliphatic heterocycles. The Bertz CT molecular complexity index is 138. The van der Waals surface area contributed by atoms with Gasteiger partial charge < -0.3 is 4.74 Å². The smallest absolute Gasteiger partial charge is 0.113 e. The molecule has 3 heteroatoms. The number of hydrogen-bond donors (Lipinski definition) is 1. The maximum absolute atomic E-state index is 6.50. The van der Waals surface area contributed by atoms with E-state index in [0.29, 0.717) is 5.70 Å². The minimum Gasteiger partial charge on any atom is -0.471 e. The average molecular weight is 126 g/mol. The Labute approximate surface area is 54.5 Å². The fourth-order valence-electron chi connectivity index (χ4n) is 0.243. The molecular weight excluding hydrogens is 116 g/mol. The molecule has 0 aromatic rings. The van der Waals surface area contributed by atoms with Crippen LogP contribution in [0.5, 0.6) is 0 Å². The summed E-state index contributed by atoms with van der Waals surface area (Å²) in [5.41, 5.74) is 7.05. The molecule has 0 radical (unpaired) electrons. The highest BCUT2D eigenvalue weighted by atomic mass is 16.5. The second-order valence-corrected chi connectivity index (χ2v) is 1.48. The van der Waals surface area contributed by atoms with Crippen molar-refractivity contribution in [2.75, 3.05) is 0 Å². The fourth-order valence-corrected chi connectivity index (χ4v) is 0.243. The van der Waals surface area contributed by atoms with E-state index in [2.05, 4.69) is 5.11 Å². The van der Waals surface area contributed by atoms with E-state index in [0.717, 1.165) is 0 Å². The molecule has 50 valence electrons. The van der Waals surface area contributed by atoms with E-state index in [-0.39, 0.29) is 0 Å². The van der Waals surface area contributed by atoms with E-state index >= 15 is 0 Å². The molecule has 0 saturated heterocycles. The van der Waals surface area contributed by atoms with Crippen molar-refractivity contribution in [1.29, 1.82) is 5.53 Å². The SMILES string of the molecule is C/C=C\O/C=C(\C)N=N. The molecule has 0 aliphatic carbocycles. The third-order valence-corrected chi connectivity index (χ3v) is 0.630. The van der Waals surface area contributed by atoms with Gasteiger partial charge in [0.05, 0.1) is 12.0 Å². The van der Waals surface area contributed by atoms with Crippen LogP contribution >= 0.6 is 0 Å². The summed E-state index contributed by atoms with van der Waals surface area (Å²) in [6.45, 7) is 3.54. The topological polar surface area (TPSA) is 45.4 Å². The van der Waals surface area contributed by atoms with Crippen LogP contribution in [-0.4, -0.2) is 0 Å². The predicted molar refractivity (Wildman–Crippen MR) is 34.8 cm³/mol. The summed E-state index contributed by atoms with van der Waals surface area (Å²) in [6.07, 6.45) is 4.69. The van der Waals surface area contributed by atoms with E-state index in [9.17, 15) is 0 Å². The lowest BCUT2D eigenvalue weighted by Crippen LogP contribution is -1.68. The first-order valence-electron chi connectivity index (χ1n) is 2.62. The maximum Gasteiger partial charge on any atom is 0.113 e. The summed E-state index contributed by atoms with van der Waals surface area (Å²) in [6, 6.07) is 0. The zero-order valence-corrected chi connectivity index (χ0v) is 5.59. The third kappa shape index (κ3) is 4.74. The largest absolute Gasteiger partial charge is 0.471 e. The second-order valence-electron chi connectivity index (χ2n) is 1.48. The molecule has 0 heterocycles. The molecule has 0 atom stereocenters. The average Bonchev–Trinajstić information content (AvgIpc) is 1.89. The van der Waals surface area contributed by atoms with Crippen LogP contribution in [0.1, 0.15) is 13.8 Å². The number of nitrogens with zero attached hydrogens (tertiary/aromatic N) is 1. The zero-order valence-electron chi connectivity index (χ0n) is 5.59. The number of hydrogen-bond acceptors (Lipinski definition) is 3. The number of rotatable bonds is 3. The highest BCUT2D eigenvalue weighted by Gasteiger charge is 1.77. The summed E-state index contributed by atoms with van der Waals surface area (Å²) in [4.78, 5) is 0. The van der Waals surface area contributed by atoms with E-state index in [4.69, 9.17) is 10.3 Å². The van der Waals surface area contributed by atoms with Gasteiger partial charge in [0.2, 0.25) is 0 Å². The monoisotopic (exact) mass is 126 g/mol. The number of nitrogens with one attached hydrogen (secondary N) is 1. The molecule has 0 bridgehead atoms. The first-order valence-corrected chi connectivity index (χ1v) is 2.62. The second kappa shape index (κ2) is 5.03. The molecule has 0 aliphatic rings. The van der Waals surface area contributed by atoms with Crippen LogP contribution in [0.25, 0.3) is 0 Å². The van der Waals surface area contributed by atoms with Gasteiger partial charge in [-0.3, -0.25) is 0 Å². The van der Waals surface area contributed by atoms with Crippen molar-refractivity contribution in [3.05, 3.63) is 24.3 Å². The van der Waals surface area contributed by atoms with Gasteiger partial charge >= 0.3 is 0 Å². The Morgan fingerprint density at radius 2 is 2.33 bits per heavy atom. The molecule has 0 aromatic heterocycles. The van der Waals surface area contributed by atoms with Crippen LogP contribution in [0.4, 0.5) is 0 Å².